The molecule has 0 radical (unpaired) electrons. The predicted octanol–water partition coefficient (Wildman–Crippen LogP) is 5.78. The number of aliphatic carboxylic acids is 1. The summed E-state index contributed by atoms with van der Waals surface area (Å²) in [5, 5.41) is 20.8. The first-order valence-electron chi connectivity index (χ1n) is 17.2. The maximum Gasteiger partial charge on any atom is 0.416 e. The average Bonchev–Trinajstić information content (AvgIpc) is 3.90. The van der Waals surface area contributed by atoms with Gasteiger partial charge in [0.15, 0.2) is 10.1 Å². The summed E-state index contributed by atoms with van der Waals surface area (Å²) < 4.78 is 83.2. The number of nitrogens with zero attached hydrogens (tertiary/aromatic N) is 4. The Morgan fingerprint density at radius 3 is 2.39 bits per heavy atom. The standard InChI is InChI=1S/C36H36F4N6O9S2/c1-35(2)52-29(16-37)30(53-35)19-51-24-9-5-21(6-10-24)14-28(32(47)42-27(33(48)49)13-20-3-7-22(8-4-20)36(38,39)40)46-17-23(44-45-46)18-50-25-11-12-31-26(15-25)43-34(56-31)57-55-54-41/h3-12,15,17,27-30H,13-14,16,18-19,41H2,1-2H3,(H,42,47)(H,48,49)/t27?,28?,29-,30-/m0/s1. The first-order chi connectivity index (χ1) is 27.2. The van der Waals surface area contributed by atoms with E-state index in [1.54, 1.807) is 50.2 Å². The summed E-state index contributed by atoms with van der Waals surface area (Å²) in [5.74, 6) is 2.72. The summed E-state index contributed by atoms with van der Waals surface area (Å²) in [5.41, 5.74) is 0.982. The Balaban J connectivity index is 1.17. The monoisotopic (exact) mass is 836 g/mol. The molecule has 0 spiro atoms. The zero-order valence-corrected chi connectivity index (χ0v) is 31.8. The Morgan fingerprint density at radius 1 is 1.02 bits per heavy atom. The summed E-state index contributed by atoms with van der Waals surface area (Å²) in [4.78, 5) is 34.7. The van der Waals surface area contributed by atoms with E-state index in [0.29, 0.717) is 32.6 Å². The lowest BCUT2D eigenvalue weighted by atomic mass is 10.0. The first kappa shape index (κ1) is 41.7. The fourth-order valence-corrected chi connectivity index (χ4v) is 7.29. The van der Waals surface area contributed by atoms with Crippen molar-refractivity contribution in [2.24, 2.45) is 5.90 Å². The second-order valence-electron chi connectivity index (χ2n) is 13.2. The van der Waals surface area contributed by atoms with Gasteiger partial charge in [-0.25, -0.2) is 18.9 Å². The third-order valence-electron chi connectivity index (χ3n) is 8.59. The van der Waals surface area contributed by atoms with Crippen molar-refractivity contribution in [2.45, 2.75) is 73.9 Å². The van der Waals surface area contributed by atoms with E-state index >= 15 is 0 Å². The zero-order chi connectivity index (χ0) is 40.7. The van der Waals surface area contributed by atoms with Crippen molar-refractivity contribution in [3.05, 3.63) is 95.3 Å². The lowest BCUT2D eigenvalue weighted by Crippen LogP contribution is -2.46. The topological polar surface area (TPSA) is 191 Å². The number of ether oxygens (including phenoxy) is 4. The Labute approximate surface area is 330 Å². The van der Waals surface area contributed by atoms with Gasteiger partial charge in [-0.2, -0.15) is 19.1 Å². The van der Waals surface area contributed by atoms with Crippen LogP contribution in [-0.2, 0) is 54.0 Å². The summed E-state index contributed by atoms with van der Waals surface area (Å²) in [6.07, 6.45) is -4.77. The molecule has 1 aliphatic rings. The van der Waals surface area contributed by atoms with Gasteiger partial charge in [0.1, 0.15) is 73.4 Å². The molecule has 304 valence electrons. The van der Waals surface area contributed by atoms with E-state index in [9.17, 15) is 32.3 Å². The molecule has 5 aromatic rings. The van der Waals surface area contributed by atoms with Gasteiger partial charge in [0.05, 0.1) is 22.0 Å². The molecule has 21 heteroatoms. The smallest absolute Gasteiger partial charge is 0.416 e. The fraction of sp³-hybridized carbons (Fsp3) is 0.361. The van der Waals surface area contributed by atoms with Crippen molar-refractivity contribution >= 4 is 45.5 Å². The quantitative estimate of drug-likeness (QED) is 0.0417. The minimum atomic E-state index is -4.57. The Hall–Kier alpha value is -4.90. The number of hydrogen-bond donors (Lipinski definition) is 3. The number of alkyl halides is 4. The minimum absolute atomic E-state index is 0.0137. The summed E-state index contributed by atoms with van der Waals surface area (Å²) in [6.45, 7) is 2.60. The van der Waals surface area contributed by atoms with Crippen LogP contribution in [0.1, 0.15) is 42.3 Å². The molecule has 3 heterocycles. The third-order valence-corrected chi connectivity index (χ3v) is 10.3. The third kappa shape index (κ3) is 11.2. The number of rotatable bonds is 18. The van der Waals surface area contributed by atoms with Crippen LogP contribution >= 0.6 is 23.4 Å². The number of benzene rings is 3. The Kier molecular flexibility index (Phi) is 13.3. The fourth-order valence-electron chi connectivity index (χ4n) is 5.89. The highest BCUT2D eigenvalue weighted by molar-refractivity contribution is 7.96. The number of carbonyl (C=O) groups is 2. The molecular weight excluding hydrogens is 801 g/mol. The van der Waals surface area contributed by atoms with Gasteiger partial charge in [0.25, 0.3) is 0 Å². The second kappa shape index (κ2) is 18.1. The van der Waals surface area contributed by atoms with E-state index in [1.165, 1.54) is 22.2 Å². The minimum Gasteiger partial charge on any atom is -0.491 e. The van der Waals surface area contributed by atoms with Crippen LogP contribution in [-0.4, -0.2) is 74.3 Å². The van der Waals surface area contributed by atoms with Crippen LogP contribution in [0.25, 0.3) is 10.2 Å². The van der Waals surface area contributed by atoms with Crippen LogP contribution in [0.5, 0.6) is 11.5 Å². The van der Waals surface area contributed by atoms with Crippen molar-refractivity contribution < 1.29 is 60.5 Å². The Morgan fingerprint density at radius 2 is 1.70 bits per heavy atom. The van der Waals surface area contributed by atoms with Crippen molar-refractivity contribution in [2.75, 3.05) is 13.3 Å². The van der Waals surface area contributed by atoms with E-state index < -0.39 is 60.4 Å². The maximum absolute atomic E-state index is 13.9. The molecule has 1 amide bonds. The zero-order valence-electron chi connectivity index (χ0n) is 30.2. The number of carbonyl (C=O) groups excluding carboxylic acids is 1. The molecule has 1 aliphatic heterocycles. The van der Waals surface area contributed by atoms with Gasteiger partial charge in [-0.15, -0.1) is 25.8 Å². The van der Waals surface area contributed by atoms with Gasteiger partial charge in [0.2, 0.25) is 5.91 Å². The predicted molar refractivity (Wildman–Crippen MR) is 195 cm³/mol. The number of carboxylic acid groups (broad SMARTS) is 1. The van der Waals surface area contributed by atoms with E-state index in [2.05, 4.69) is 29.9 Å². The number of nitrogens with one attached hydrogen (secondary N) is 1. The van der Waals surface area contributed by atoms with Gasteiger partial charge in [-0.05, 0) is 61.4 Å². The highest BCUT2D eigenvalue weighted by atomic mass is 32.2. The molecule has 4 atom stereocenters. The molecule has 15 nitrogen and oxygen atoms in total. The molecule has 2 unspecified atom stereocenters. The molecule has 0 aliphatic carbocycles. The van der Waals surface area contributed by atoms with Crippen molar-refractivity contribution in [3.63, 3.8) is 0 Å². The van der Waals surface area contributed by atoms with Gasteiger partial charge < -0.3 is 29.4 Å². The summed E-state index contributed by atoms with van der Waals surface area (Å²) >= 11 is 2.21. The number of fused-ring (bicyclic) bond motifs is 1. The molecule has 57 heavy (non-hydrogen) atoms. The number of hydrogen-bond acceptors (Lipinski definition) is 14. The van der Waals surface area contributed by atoms with Crippen molar-refractivity contribution in [1.29, 1.82) is 0 Å². The van der Waals surface area contributed by atoms with Crippen LogP contribution in [0.2, 0.25) is 0 Å². The largest absolute Gasteiger partial charge is 0.491 e. The van der Waals surface area contributed by atoms with Crippen LogP contribution in [0.3, 0.4) is 0 Å². The van der Waals surface area contributed by atoms with Crippen LogP contribution < -0.4 is 20.7 Å². The second-order valence-corrected chi connectivity index (χ2v) is 15.2. The van der Waals surface area contributed by atoms with E-state index in [4.69, 9.17) is 24.8 Å². The number of halogens is 4. The molecule has 3 aromatic carbocycles. The van der Waals surface area contributed by atoms with E-state index in [1.807, 2.05) is 6.07 Å². The maximum atomic E-state index is 13.9. The van der Waals surface area contributed by atoms with Gasteiger partial charge in [-0.3, -0.25) is 4.79 Å². The molecule has 6 rings (SSSR count). The molecule has 1 saturated heterocycles. The molecule has 0 saturated carbocycles. The summed E-state index contributed by atoms with van der Waals surface area (Å²) in [7, 11) is 0. The molecule has 4 N–H and O–H groups in total. The summed E-state index contributed by atoms with van der Waals surface area (Å²) in [6, 6.07) is 13.4. The van der Waals surface area contributed by atoms with Crippen molar-refractivity contribution in [1.82, 2.24) is 25.3 Å². The highest BCUT2D eigenvalue weighted by Gasteiger charge is 2.41. The molecule has 1 fully saturated rings. The van der Waals surface area contributed by atoms with Crippen molar-refractivity contribution in [3.8, 4) is 11.5 Å². The molecular formula is C36H36F4N6O9S2. The van der Waals surface area contributed by atoms with Gasteiger partial charge in [-0.1, -0.05) is 29.5 Å². The van der Waals surface area contributed by atoms with E-state index in [0.717, 1.165) is 41.0 Å². The number of aromatic nitrogens is 4. The SMILES string of the molecule is CC1(C)O[C@@H](CF)[C@H](COc2ccc(CC(C(=O)NC(Cc3ccc(C(F)(F)F)cc3)C(=O)O)n3cc(COc4ccc5sc(SOON)nc5c4)nn3)cc2)O1. The molecule has 2 aromatic heterocycles. The number of amides is 1. The highest BCUT2D eigenvalue weighted by Crippen LogP contribution is 2.33. The number of carboxylic acids is 1. The lowest BCUT2D eigenvalue weighted by molar-refractivity contribution is -0.195. The first-order valence-corrected chi connectivity index (χ1v) is 18.7. The average molecular weight is 837 g/mol. The number of thiazole rings is 1. The van der Waals surface area contributed by atoms with E-state index in [-0.39, 0.29) is 31.6 Å². The normalized spacial score (nSPS) is 17.7. The Bertz CT molecular complexity index is 2140. The lowest BCUT2D eigenvalue weighted by Gasteiger charge is -2.21. The number of nitrogens with two attached hydrogens (primary N) is 1. The van der Waals surface area contributed by atoms with Gasteiger partial charge in [0, 0.05) is 18.9 Å². The van der Waals surface area contributed by atoms with Crippen LogP contribution in [0.15, 0.2) is 77.3 Å². The van der Waals surface area contributed by atoms with Crippen LogP contribution in [0, 0.1) is 0 Å². The molecule has 0 bridgehead atoms. The van der Waals surface area contributed by atoms with Crippen LogP contribution in [0.4, 0.5) is 17.6 Å². The van der Waals surface area contributed by atoms with Gasteiger partial charge >= 0.3 is 12.1 Å².